The zero-order valence-electron chi connectivity index (χ0n) is 37.8. The Morgan fingerprint density at radius 3 is 2.03 bits per heavy atom. The maximum absolute atomic E-state index is 15.6. The summed E-state index contributed by atoms with van der Waals surface area (Å²) in [5, 5.41) is 21.8. The van der Waals surface area contributed by atoms with Crippen molar-refractivity contribution in [1.82, 2.24) is 50.1 Å². The number of likely N-dealkylation sites (tertiary alicyclic amines) is 1. The minimum absolute atomic E-state index is 0.0108. The molecule has 2 aromatic carbocycles. The molecule has 70 heavy (non-hydrogen) atoms. The third-order valence-electron chi connectivity index (χ3n) is 13.3. The third-order valence-corrected chi connectivity index (χ3v) is 13.3. The predicted octanol–water partition coefficient (Wildman–Crippen LogP) is 9.58. The van der Waals surface area contributed by atoms with E-state index < -0.39 is 98.5 Å². The number of fused-ring (bicyclic) bond motifs is 2. The highest BCUT2D eigenvalue weighted by atomic mass is 19.4. The first-order chi connectivity index (χ1) is 33.1. The van der Waals surface area contributed by atoms with Crippen LogP contribution in [0.25, 0.3) is 22.8 Å². The maximum Gasteiger partial charge on any atom is 0.417 e. The van der Waals surface area contributed by atoms with E-state index in [-0.39, 0.29) is 78.6 Å². The Morgan fingerprint density at radius 1 is 0.800 bits per heavy atom. The molecular weight excluding hydrogens is 941 g/mol. The number of rotatable bonds is 9. The Hall–Kier alpha value is -7.34. The SMILES string of the molecule is COc1ccnc(-c2cc(NC(=O)N3CC[C@@H](C)C[C@@]3(C)c3nnc(CC4C(C)CC5(c6nnc(C)o6)CC4N5C(=O)Nc4cc(-c5ncccn5)c(C(F)(F)F)cc4F)o3)c(F)cc2C(F)(F)F)n1. The highest BCUT2D eigenvalue weighted by Crippen LogP contribution is 2.58. The second-order valence-corrected chi connectivity index (χ2v) is 18.0. The van der Waals surface area contributed by atoms with Gasteiger partial charge in [0.15, 0.2) is 11.6 Å². The van der Waals surface area contributed by atoms with Crippen molar-refractivity contribution in [3.63, 3.8) is 0 Å². The topological polar surface area (TPSA) is 203 Å². The normalized spacial score (nSPS) is 23.4. The second kappa shape index (κ2) is 17.6. The Balaban J connectivity index is 0.986. The van der Waals surface area contributed by atoms with Crippen LogP contribution in [0.2, 0.25) is 0 Å². The first kappa shape index (κ1) is 47.7. The largest absolute Gasteiger partial charge is 0.481 e. The van der Waals surface area contributed by atoms with Gasteiger partial charge in [0.1, 0.15) is 22.7 Å². The summed E-state index contributed by atoms with van der Waals surface area (Å²) in [4.78, 5) is 47.1. The van der Waals surface area contributed by atoms with Crippen LogP contribution in [0.15, 0.2) is 63.8 Å². The molecule has 25 heteroatoms. The number of amides is 4. The van der Waals surface area contributed by atoms with Crippen molar-refractivity contribution in [3.8, 4) is 28.7 Å². The van der Waals surface area contributed by atoms with Gasteiger partial charge in [-0.1, -0.05) is 13.8 Å². The summed E-state index contributed by atoms with van der Waals surface area (Å²) in [7, 11) is 1.26. The molecule has 2 N–H and O–H groups in total. The average molecular weight is 983 g/mol. The summed E-state index contributed by atoms with van der Waals surface area (Å²) < 4.78 is 133. The van der Waals surface area contributed by atoms with Gasteiger partial charge in [-0.05, 0) is 74.3 Å². The van der Waals surface area contributed by atoms with Crippen LogP contribution in [0.4, 0.5) is 56.1 Å². The lowest BCUT2D eigenvalue weighted by molar-refractivity contribution is -0.145. The molecule has 1 aliphatic carbocycles. The summed E-state index contributed by atoms with van der Waals surface area (Å²) in [6, 6.07) is 2.53. The van der Waals surface area contributed by atoms with Crippen LogP contribution in [0.5, 0.6) is 5.88 Å². The van der Waals surface area contributed by atoms with E-state index in [4.69, 9.17) is 13.6 Å². The quantitative estimate of drug-likeness (QED) is 0.130. The molecule has 6 atom stereocenters. The van der Waals surface area contributed by atoms with Crippen molar-refractivity contribution < 1.29 is 58.3 Å². The molecule has 4 unspecified atom stereocenters. The van der Waals surface area contributed by atoms with Crippen molar-refractivity contribution in [1.29, 1.82) is 0 Å². The molecule has 2 bridgehead atoms. The van der Waals surface area contributed by atoms with Crippen LogP contribution in [0.3, 0.4) is 0 Å². The summed E-state index contributed by atoms with van der Waals surface area (Å²) in [5.41, 5.74) is -7.52. The molecule has 4 aromatic heterocycles. The molecule has 6 aromatic rings. The van der Waals surface area contributed by atoms with Gasteiger partial charge < -0.3 is 34.0 Å². The Morgan fingerprint density at radius 2 is 1.41 bits per heavy atom. The van der Waals surface area contributed by atoms with Gasteiger partial charge in [0, 0.05) is 68.1 Å². The lowest BCUT2D eigenvalue weighted by atomic mass is 9.58. The molecule has 10 rings (SSSR count). The standard InChI is InChI=1S/C45H42F8N12O5/c1-21-8-12-64(40(66)57-31-14-26(28(17-29(31)46)45(51,52)53)37-56-11-7-34(59-37)68-5)42(4,18-21)38-62-61-35(70-38)15-24-22(2)19-43(39-63-60-23(3)69-39)20-33(24)65(43)41(67)58-32-13-25(36-54-9-6-10-55-36)27(16-30(32)47)44(48,49)50/h6-7,9-11,13-14,16-17,21-22,24,33H,8,12,15,18-20H2,1-5H3,(H,57,66)(H,58,67)/t21-,22?,24?,33?,42+,43?/m1/s1. The number of piperidine rings is 2. The molecule has 368 valence electrons. The minimum atomic E-state index is -5.02. The summed E-state index contributed by atoms with van der Waals surface area (Å²) in [5.74, 6) is -3.65. The molecule has 4 amide bonds. The van der Waals surface area contributed by atoms with E-state index in [2.05, 4.69) is 51.0 Å². The highest BCUT2D eigenvalue weighted by molar-refractivity contribution is 5.93. The summed E-state index contributed by atoms with van der Waals surface area (Å²) in [6.07, 6.45) is -4.94. The number of carbonyl (C=O) groups is 2. The van der Waals surface area contributed by atoms with Gasteiger partial charge >= 0.3 is 24.4 Å². The van der Waals surface area contributed by atoms with Crippen molar-refractivity contribution in [2.75, 3.05) is 24.3 Å². The fourth-order valence-corrected chi connectivity index (χ4v) is 10.1. The predicted molar refractivity (Wildman–Crippen MR) is 228 cm³/mol. The lowest BCUT2D eigenvalue weighted by Gasteiger charge is -2.64. The zero-order valence-corrected chi connectivity index (χ0v) is 37.8. The number of hydrogen-bond acceptors (Lipinski definition) is 13. The van der Waals surface area contributed by atoms with E-state index in [1.165, 1.54) is 47.6 Å². The summed E-state index contributed by atoms with van der Waals surface area (Å²) >= 11 is 0. The van der Waals surface area contributed by atoms with Crippen LogP contribution in [0, 0.1) is 36.3 Å². The second-order valence-electron chi connectivity index (χ2n) is 18.0. The molecule has 3 saturated heterocycles. The Kier molecular flexibility index (Phi) is 12.0. The first-order valence-electron chi connectivity index (χ1n) is 21.9. The van der Waals surface area contributed by atoms with Gasteiger partial charge in [-0.25, -0.2) is 33.3 Å². The fraction of sp³-hybridized carbons (Fsp3) is 0.422. The smallest absolute Gasteiger partial charge is 0.417 e. The van der Waals surface area contributed by atoms with Crippen molar-refractivity contribution in [3.05, 3.63) is 101 Å². The molecule has 0 spiro atoms. The number of hydrogen-bond donors (Lipinski definition) is 2. The number of ether oxygens (including phenoxy) is 1. The van der Waals surface area contributed by atoms with E-state index in [1.54, 1.807) is 13.8 Å². The zero-order chi connectivity index (χ0) is 50.1. The number of aryl methyl sites for hydroxylation is 1. The molecule has 0 radical (unpaired) electrons. The van der Waals surface area contributed by atoms with Crippen LogP contribution in [0.1, 0.15) is 81.1 Å². The highest BCUT2D eigenvalue weighted by Gasteiger charge is 2.66. The molecule has 7 heterocycles. The number of halogens is 8. The van der Waals surface area contributed by atoms with E-state index >= 15 is 8.78 Å². The van der Waals surface area contributed by atoms with E-state index in [9.17, 15) is 35.9 Å². The number of alkyl halides is 6. The molecule has 3 aliphatic heterocycles. The van der Waals surface area contributed by atoms with Crippen molar-refractivity contribution in [2.24, 2.45) is 17.8 Å². The number of methoxy groups -OCH3 is 1. The van der Waals surface area contributed by atoms with E-state index in [0.717, 1.165) is 12.1 Å². The number of nitrogens with one attached hydrogen (secondary N) is 2. The molecule has 17 nitrogen and oxygen atoms in total. The van der Waals surface area contributed by atoms with Crippen LogP contribution in [-0.2, 0) is 29.9 Å². The van der Waals surface area contributed by atoms with Crippen LogP contribution in [-0.4, -0.2) is 81.9 Å². The number of nitrogens with zero attached hydrogens (tertiary/aromatic N) is 10. The van der Waals surface area contributed by atoms with Crippen LogP contribution < -0.4 is 15.4 Å². The van der Waals surface area contributed by atoms with E-state index in [0.29, 0.717) is 19.3 Å². The van der Waals surface area contributed by atoms with Gasteiger partial charge in [-0.3, -0.25) is 0 Å². The maximum atomic E-state index is 15.6. The number of aromatic nitrogens is 8. The van der Waals surface area contributed by atoms with Crippen LogP contribution >= 0.6 is 0 Å². The van der Waals surface area contributed by atoms with Crippen molar-refractivity contribution in [2.45, 2.75) is 89.3 Å². The monoisotopic (exact) mass is 982 g/mol. The van der Waals surface area contributed by atoms with Crippen molar-refractivity contribution >= 4 is 23.4 Å². The third kappa shape index (κ3) is 8.58. The van der Waals surface area contributed by atoms with Gasteiger partial charge in [0.05, 0.1) is 29.6 Å². The fourth-order valence-electron chi connectivity index (χ4n) is 10.1. The van der Waals surface area contributed by atoms with Gasteiger partial charge in [0.25, 0.3) is 0 Å². The van der Waals surface area contributed by atoms with Gasteiger partial charge in [0.2, 0.25) is 29.4 Å². The number of urea groups is 2. The Bertz CT molecular complexity index is 2970. The number of carbonyl (C=O) groups excluding carboxylic acids is 2. The lowest BCUT2D eigenvalue weighted by Crippen LogP contribution is -2.73. The number of benzene rings is 2. The van der Waals surface area contributed by atoms with E-state index in [1.807, 2.05) is 13.8 Å². The molecular formula is C45H42F8N12O5. The summed E-state index contributed by atoms with van der Waals surface area (Å²) in [6.45, 7) is 7.24. The number of anilines is 2. The molecule has 4 aliphatic rings. The first-order valence-corrected chi connectivity index (χ1v) is 21.9. The molecule has 4 fully saturated rings. The Labute approximate surface area is 392 Å². The van der Waals surface area contributed by atoms with Gasteiger partial charge in [-0.15, -0.1) is 20.4 Å². The average Bonchev–Trinajstić information content (AvgIpc) is 3.97. The molecule has 1 saturated carbocycles. The minimum Gasteiger partial charge on any atom is -0.481 e. The van der Waals surface area contributed by atoms with Gasteiger partial charge in [-0.2, -0.15) is 31.3 Å².